The van der Waals surface area contributed by atoms with Crippen LogP contribution in [0.15, 0.2) is 48.7 Å². The monoisotopic (exact) mass is 382 g/mol. The smallest absolute Gasteiger partial charge is 0.194 e. The molecule has 3 unspecified atom stereocenters. The fourth-order valence-electron chi connectivity index (χ4n) is 5.83. The number of hydrogen-bond donors (Lipinski definition) is 0. The number of benzene rings is 1. The van der Waals surface area contributed by atoms with Gasteiger partial charge in [0, 0.05) is 24.8 Å². The van der Waals surface area contributed by atoms with Crippen molar-refractivity contribution in [2.45, 2.75) is 64.1 Å². The predicted molar refractivity (Wildman–Crippen MR) is 110 cm³/mol. The highest BCUT2D eigenvalue weighted by Crippen LogP contribution is 2.65. The molecule has 4 heteroatoms. The van der Waals surface area contributed by atoms with E-state index >= 15 is 0 Å². The zero-order valence-electron chi connectivity index (χ0n) is 17.5. The number of aromatic nitrogens is 1. The fraction of sp³-hybridized carbons (Fsp3) is 0.522. The number of fused-ring (bicyclic) bond motifs is 1. The average Bonchev–Trinajstić information content (AvgIpc) is 2.66. The first-order chi connectivity index (χ1) is 12.8. The lowest BCUT2D eigenvalue weighted by molar-refractivity contribution is -0.756. The van der Waals surface area contributed by atoms with E-state index in [-0.39, 0.29) is 17.4 Å². The molecule has 1 aromatic heterocycles. The standard InChI is InChI=1S/C23H32NO2Si/c1-7-22(8-2)21-18-14-10-9-13-17(18)20(19-15-11-12-16-24(19)21)23(22,25-3)26-27(4,5)6/h9-16,20-21H,7-8H2,1-6H3/q+1. The summed E-state index contributed by atoms with van der Waals surface area (Å²) in [5.74, 6) is -0.557. The van der Waals surface area contributed by atoms with Gasteiger partial charge in [0.15, 0.2) is 32.0 Å². The van der Waals surface area contributed by atoms with Gasteiger partial charge in [0.2, 0.25) is 0 Å². The van der Waals surface area contributed by atoms with Crippen molar-refractivity contribution in [1.82, 2.24) is 0 Å². The third-order valence-corrected chi connectivity index (χ3v) is 7.63. The molecule has 3 atom stereocenters. The second-order valence-electron chi connectivity index (χ2n) is 8.95. The minimum Gasteiger partial charge on any atom is -0.389 e. The van der Waals surface area contributed by atoms with Crippen LogP contribution >= 0.6 is 0 Å². The zero-order chi connectivity index (χ0) is 19.4. The van der Waals surface area contributed by atoms with Crippen molar-refractivity contribution in [3.63, 3.8) is 0 Å². The molecule has 0 amide bonds. The van der Waals surface area contributed by atoms with E-state index < -0.39 is 14.1 Å². The number of pyridine rings is 1. The minimum absolute atomic E-state index is 0.0801. The average molecular weight is 383 g/mol. The Kier molecular flexibility index (Phi) is 4.37. The molecule has 3 nitrogen and oxygen atoms in total. The van der Waals surface area contributed by atoms with Crippen LogP contribution in [0.3, 0.4) is 0 Å². The van der Waals surface area contributed by atoms with Gasteiger partial charge in [-0.05, 0) is 38.0 Å². The molecule has 0 N–H and O–H groups in total. The van der Waals surface area contributed by atoms with E-state index in [0.717, 1.165) is 12.8 Å². The van der Waals surface area contributed by atoms with Gasteiger partial charge in [-0.15, -0.1) is 0 Å². The Morgan fingerprint density at radius 2 is 1.59 bits per heavy atom. The van der Waals surface area contributed by atoms with Gasteiger partial charge in [0.25, 0.3) is 0 Å². The molecule has 5 rings (SSSR count). The Morgan fingerprint density at radius 1 is 0.963 bits per heavy atom. The van der Waals surface area contributed by atoms with Crippen LogP contribution in [0.5, 0.6) is 0 Å². The van der Waals surface area contributed by atoms with Crippen LogP contribution in [0, 0.1) is 5.41 Å². The molecule has 2 aliphatic heterocycles. The first kappa shape index (κ1) is 18.9. The lowest BCUT2D eigenvalue weighted by Crippen LogP contribution is -2.74. The molecule has 1 aromatic carbocycles. The third-order valence-electron chi connectivity index (χ3n) is 6.72. The van der Waals surface area contributed by atoms with Gasteiger partial charge >= 0.3 is 0 Å². The highest BCUT2D eigenvalue weighted by Gasteiger charge is 2.73. The zero-order valence-corrected chi connectivity index (χ0v) is 18.5. The number of ether oxygens (including phenoxy) is 1. The molecule has 2 aromatic rings. The Balaban J connectivity index is 2.11. The molecule has 0 saturated heterocycles. The van der Waals surface area contributed by atoms with E-state index in [1.807, 2.05) is 7.11 Å². The van der Waals surface area contributed by atoms with Gasteiger partial charge < -0.3 is 9.16 Å². The normalized spacial score (nSPS) is 27.9. The summed E-state index contributed by atoms with van der Waals surface area (Å²) < 4.78 is 16.1. The van der Waals surface area contributed by atoms with Crippen molar-refractivity contribution in [1.29, 1.82) is 0 Å². The van der Waals surface area contributed by atoms with Crippen molar-refractivity contribution in [2.24, 2.45) is 5.41 Å². The van der Waals surface area contributed by atoms with Crippen molar-refractivity contribution >= 4 is 8.32 Å². The van der Waals surface area contributed by atoms with Gasteiger partial charge in [0.1, 0.15) is 5.92 Å². The van der Waals surface area contributed by atoms with E-state index in [4.69, 9.17) is 9.16 Å². The highest BCUT2D eigenvalue weighted by atomic mass is 28.4. The Bertz CT molecular complexity index is 808. The van der Waals surface area contributed by atoms with Crippen LogP contribution in [0.2, 0.25) is 19.6 Å². The second-order valence-corrected chi connectivity index (χ2v) is 13.4. The van der Waals surface area contributed by atoms with Crippen LogP contribution in [0.4, 0.5) is 0 Å². The van der Waals surface area contributed by atoms with Crippen LogP contribution in [0.25, 0.3) is 0 Å². The lowest BCUT2D eigenvalue weighted by Gasteiger charge is -2.60. The van der Waals surface area contributed by atoms with Gasteiger partial charge in [-0.1, -0.05) is 44.2 Å². The largest absolute Gasteiger partial charge is 0.389 e. The Labute approximate surface area is 164 Å². The summed E-state index contributed by atoms with van der Waals surface area (Å²) in [5, 5.41) is 0. The summed E-state index contributed by atoms with van der Waals surface area (Å²) in [6.45, 7) is 11.4. The number of nitrogens with zero attached hydrogens (tertiary/aromatic N) is 1. The van der Waals surface area contributed by atoms with Crippen LogP contribution in [0.1, 0.15) is 55.5 Å². The molecular weight excluding hydrogens is 350 g/mol. The molecule has 2 bridgehead atoms. The Morgan fingerprint density at radius 3 is 2.19 bits per heavy atom. The quantitative estimate of drug-likeness (QED) is 0.411. The van der Waals surface area contributed by atoms with E-state index in [9.17, 15) is 0 Å². The van der Waals surface area contributed by atoms with Crippen molar-refractivity contribution in [2.75, 3.05) is 7.11 Å². The molecule has 0 spiro atoms. The van der Waals surface area contributed by atoms with Crippen LogP contribution < -0.4 is 4.57 Å². The van der Waals surface area contributed by atoms with Crippen molar-refractivity contribution in [3.05, 3.63) is 65.5 Å². The molecule has 27 heavy (non-hydrogen) atoms. The van der Waals surface area contributed by atoms with Crippen molar-refractivity contribution < 1.29 is 13.7 Å². The maximum absolute atomic E-state index is 7.06. The maximum Gasteiger partial charge on any atom is 0.194 e. The minimum atomic E-state index is -1.87. The summed E-state index contributed by atoms with van der Waals surface area (Å²) in [5.41, 5.74) is 3.99. The third kappa shape index (κ3) is 2.36. The highest BCUT2D eigenvalue weighted by molar-refractivity contribution is 6.69. The van der Waals surface area contributed by atoms with Gasteiger partial charge in [-0.25, -0.2) is 0 Å². The van der Waals surface area contributed by atoms with Gasteiger partial charge in [-0.3, -0.25) is 0 Å². The summed E-state index contributed by atoms with van der Waals surface area (Å²) >= 11 is 0. The van der Waals surface area contributed by atoms with Gasteiger partial charge in [-0.2, -0.15) is 4.57 Å². The Hall–Kier alpha value is -1.49. The molecular formula is C23H32NO2Si+. The number of rotatable bonds is 5. The summed E-state index contributed by atoms with van der Waals surface area (Å²) in [6, 6.07) is 15.7. The molecule has 3 aliphatic rings. The molecule has 3 heterocycles. The number of methoxy groups -OCH3 is 1. The maximum atomic E-state index is 7.06. The van der Waals surface area contributed by atoms with E-state index in [0.29, 0.717) is 0 Å². The van der Waals surface area contributed by atoms with E-state index in [1.165, 1.54) is 16.8 Å². The van der Waals surface area contributed by atoms with Crippen molar-refractivity contribution in [3.8, 4) is 0 Å². The second kappa shape index (κ2) is 6.26. The summed E-state index contributed by atoms with van der Waals surface area (Å²) in [7, 11) is -0.0156. The molecule has 144 valence electrons. The lowest BCUT2D eigenvalue weighted by atomic mass is 9.53. The first-order valence-corrected chi connectivity index (χ1v) is 13.6. The SMILES string of the molecule is CCC1(CC)C2c3ccccc3C(c3cccc[n+]32)C1(OC)O[Si](C)(C)C. The van der Waals surface area contributed by atoms with E-state index in [2.05, 4.69) is 86.7 Å². The van der Waals surface area contributed by atoms with Crippen LogP contribution in [-0.2, 0) is 9.16 Å². The van der Waals surface area contributed by atoms with E-state index in [1.54, 1.807) is 0 Å². The first-order valence-electron chi connectivity index (χ1n) is 10.2. The molecule has 0 radical (unpaired) electrons. The predicted octanol–water partition coefficient (Wildman–Crippen LogP) is 5.02. The molecule has 0 saturated carbocycles. The topological polar surface area (TPSA) is 22.3 Å². The summed E-state index contributed by atoms with van der Waals surface area (Å²) in [4.78, 5) is 0. The summed E-state index contributed by atoms with van der Waals surface area (Å²) in [6.07, 6.45) is 4.27. The van der Waals surface area contributed by atoms with Gasteiger partial charge in [0.05, 0.1) is 5.41 Å². The molecule has 0 fully saturated rings. The fourth-order valence-corrected chi connectivity index (χ4v) is 7.14. The molecule has 1 aliphatic carbocycles. The van der Waals surface area contributed by atoms with Crippen LogP contribution in [-0.4, -0.2) is 21.2 Å². The number of hydrogen-bond acceptors (Lipinski definition) is 2.